The molecule has 1 N–H and O–H groups in total. The van der Waals surface area contributed by atoms with Crippen molar-refractivity contribution in [2.45, 2.75) is 39.7 Å². The minimum absolute atomic E-state index is 0.399. The Morgan fingerprint density at radius 3 is 2.80 bits per heavy atom. The van der Waals surface area contributed by atoms with Crippen molar-refractivity contribution < 1.29 is 0 Å². The summed E-state index contributed by atoms with van der Waals surface area (Å²) >= 11 is 6.70. The van der Waals surface area contributed by atoms with Gasteiger partial charge in [0.1, 0.15) is 11.0 Å². The number of rotatable bonds is 3. The second-order valence-corrected chi connectivity index (χ2v) is 8.70. The number of halogens is 1. The summed E-state index contributed by atoms with van der Waals surface area (Å²) in [5.74, 6) is 2.21. The third-order valence-corrected chi connectivity index (χ3v) is 6.26. The predicted octanol–water partition coefficient (Wildman–Crippen LogP) is 5.01. The molecule has 0 saturated carbocycles. The van der Waals surface area contributed by atoms with E-state index in [-0.39, 0.29) is 0 Å². The average molecular weight is 421 g/mol. The first kappa shape index (κ1) is 19.1. The summed E-state index contributed by atoms with van der Waals surface area (Å²) < 4.78 is 1.96. The van der Waals surface area contributed by atoms with E-state index in [2.05, 4.69) is 54.0 Å². The highest BCUT2D eigenvalue weighted by Gasteiger charge is 2.25. The molecule has 1 aliphatic heterocycles. The number of aromatic nitrogens is 5. The molecule has 6 nitrogen and oxygen atoms in total. The Bertz CT molecular complexity index is 1250. The van der Waals surface area contributed by atoms with E-state index in [0.29, 0.717) is 23.4 Å². The summed E-state index contributed by atoms with van der Waals surface area (Å²) in [5.41, 5.74) is 6.44. The smallest absolute Gasteiger partial charge is 0.161 e. The predicted molar refractivity (Wildman–Crippen MR) is 121 cm³/mol. The van der Waals surface area contributed by atoms with Crippen LogP contribution in [0.25, 0.3) is 22.3 Å². The molecule has 3 aromatic heterocycles. The number of nitrogens with one attached hydrogen (secondary N) is 1. The summed E-state index contributed by atoms with van der Waals surface area (Å²) in [4.78, 5) is 15.3. The second-order valence-electron chi connectivity index (χ2n) is 8.34. The standard InChI is InChI=1S/C23H25ClN6/c1-13(2)19-10-20(29(4)28-19)30-9-8-17-16(12-30)22(24)27-23(26-17)15-6-5-7-18-21(15)14(3)11-25-18/h5-7,10-11,13,25H,8-9,12H2,1-4H3. The van der Waals surface area contributed by atoms with E-state index < -0.39 is 0 Å². The first-order valence-electron chi connectivity index (χ1n) is 10.3. The summed E-state index contributed by atoms with van der Waals surface area (Å²) in [7, 11) is 2.00. The molecule has 0 spiro atoms. The molecule has 30 heavy (non-hydrogen) atoms. The van der Waals surface area contributed by atoms with Gasteiger partial charge in [0, 0.05) is 60.9 Å². The Balaban J connectivity index is 1.52. The van der Waals surface area contributed by atoms with Gasteiger partial charge in [-0.15, -0.1) is 0 Å². The molecule has 0 saturated heterocycles. The van der Waals surface area contributed by atoms with Gasteiger partial charge < -0.3 is 9.88 Å². The van der Waals surface area contributed by atoms with Gasteiger partial charge in [-0.2, -0.15) is 5.10 Å². The number of anilines is 1. The summed E-state index contributed by atoms with van der Waals surface area (Å²) in [6.45, 7) is 8.00. The first-order chi connectivity index (χ1) is 14.4. The topological polar surface area (TPSA) is 62.6 Å². The van der Waals surface area contributed by atoms with Crippen molar-refractivity contribution >= 4 is 28.3 Å². The van der Waals surface area contributed by atoms with Crippen LogP contribution in [0.3, 0.4) is 0 Å². The fourth-order valence-corrected chi connectivity index (χ4v) is 4.54. The van der Waals surface area contributed by atoms with Gasteiger partial charge in [-0.25, -0.2) is 9.97 Å². The van der Waals surface area contributed by atoms with Crippen molar-refractivity contribution in [1.29, 1.82) is 0 Å². The van der Waals surface area contributed by atoms with Crippen molar-refractivity contribution in [2.24, 2.45) is 7.05 Å². The highest BCUT2D eigenvalue weighted by Crippen LogP contribution is 2.33. The lowest BCUT2D eigenvalue weighted by Gasteiger charge is -2.30. The Labute approximate surface area is 180 Å². The molecule has 154 valence electrons. The van der Waals surface area contributed by atoms with Crippen molar-refractivity contribution in [3.63, 3.8) is 0 Å². The minimum Gasteiger partial charge on any atom is -0.361 e. The van der Waals surface area contributed by atoms with E-state index in [1.54, 1.807) is 0 Å². The highest BCUT2D eigenvalue weighted by molar-refractivity contribution is 6.30. The fourth-order valence-electron chi connectivity index (χ4n) is 4.29. The molecule has 4 aromatic rings. The zero-order chi connectivity index (χ0) is 21.0. The van der Waals surface area contributed by atoms with Crippen LogP contribution in [-0.2, 0) is 20.0 Å². The van der Waals surface area contributed by atoms with Crippen LogP contribution in [-0.4, -0.2) is 31.3 Å². The molecule has 0 atom stereocenters. The largest absolute Gasteiger partial charge is 0.361 e. The number of aromatic amines is 1. The fraction of sp³-hybridized carbons (Fsp3) is 0.348. The number of benzene rings is 1. The Morgan fingerprint density at radius 1 is 1.20 bits per heavy atom. The number of fused-ring (bicyclic) bond motifs is 2. The van der Waals surface area contributed by atoms with E-state index in [1.165, 1.54) is 5.56 Å². The van der Waals surface area contributed by atoms with Gasteiger partial charge in [-0.3, -0.25) is 4.68 Å². The summed E-state index contributed by atoms with van der Waals surface area (Å²) in [6.07, 6.45) is 2.85. The third kappa shape index (κ3) is 3.06. The van der Waals surface area contributed by atoms with Gasteiger partial charge >= 0.3 is 0 Å². The second kappa shape index (κ2) is 7.13. The Hall–Kier alpha value is -2.86. The van der Waals surface area contributed by atoms with Crippen LogP contribution in [0.1, 0.15) is 42.3 Å². The van der Waals surface area contributed by atoms with Crippen LogP contribution in [0, 0.1) is 6.92 Å². The van der Waals surface area contributed by atoms with Gasteiger partial charge in [0.15, 0.2) is 5.82 Å². The molecule has 0 amide bonds. The molecular formula is C23H25ClN6. The molecule has 1 aromatic carbocycles. The summed E-state index contributed by atoms with van der Waals surface area (Å²) in [6, 6.07) is 8.34. The number of H-pyrrole nitrogens is 1. The van der Waals surface area contributed by atoms with E-state index in [9.17, 15) is 0 Å². The molecule has 0 bridgehead atoms. The van der Waals surface area contributed by atoms with Crippen LogP contribution in [0.4, 0.5) is 5.82 Å². The van der Waals surface area contributed by atoms with E-state index in [4.69, 9.17) is 21.6 Å². The molecular weight excluding hydrogens is 396 g/mol. The Kier molecular flexibility index (Phi) is 4.54. The van der Waals surface area contributed by atoms with Gasteiger partial charge in [0.2, 0.25) is 0 Å². The highest BCUT2D eigenvalue weighted by atomic mass is 35.5. The van der Waals surface area contributed by atoms with Crippen molar-refractivity contribution in [3.05, 3.63) is 58.1 Å². The van der Waals surface area contributed by atoms with Crippen molar-refractivity contribution in [2.75, 3.05) is 11.4 Å². The maximum Gasteiger partial charge on any atom is 0.161 e. The quantitative estimate of drug-likeness (QED) is 0.473. The zero-order valence-corrected chi connectivity index (χ0v) is 18.5. The molecule has 1 aliphatic rings. The summed E-state index contributed by atoms with van der Waals surface area (Å²) in [5, 5.41) is 6.35. The van der Waals surface area contributed by atoms with Gasteiger partial charge in [0.25, 0.3) is 0 Å². The van der Waals surface area contributed by atoms with Crippen LogP contribution in [0.15, 0.2) is 30.5 Å². The first-order valence-corrected chi connectivity index (χ1v) is 10.7. The van der Waals surface area contributed by atoms with Crippen LogP contribution >= 0.6 is 11.6 Å². The van der Waals surface area contributed by atoms with Crippen molar-refractivity contribution in [3.8, 4) is 11.4 Å². The number of hydrogen-bond acceptors (Lipinski definition) is 4. The minimum atomic E-state index is 0.399. The Morgan fingerprint density at radius 2 is 2.03 bits per heavy atom. The normalized spacial score (nSPS) is 14.0. The van der Waals surface area contributed by atoms with Gasteiger partial charge in [0.05, 0.1) is 11.4 Å². The molecule has 0 aliphatic carbocycles. The SMILES string of the molecule is Cc1c[nH]c2cccc(-c3nc(Cl)c4c(n3)CCN(c3cc(C(C)C)nn3C)C4)c12. The molecule has 0 unspecified atom stereocenters. The lowest BCUT2D eigenvalue weighted by molar-refractivity contribution is 0.650. The van der Waals surface area contributed by atoms with Gasteiger partial charge in [-0.05, 0) is 24.5 Å². The molecule has 0 fully saturated rings. The van der Waals surface area contributed by atoms with E-state index in [0.717, 1.165) is 52.2 Å². The maximum atomic E-state index is 6.70. The monoisotopic (exact) mass is 420 g/mol. The molecule has 5 rings (SSSR count). The maximum absolute atomic E-state index is 6.70. The number of nitrogens with zero attached hydrogens (tertiary/aromatic N) is 5. The van der Waals surface area contributed by atoms with E-state index in [1.807, 2.05) is 24.0 Å². The lowest BCUT2D eigenvalue weighted by Crippen LogP contribution is -2.33. The van der Waals surface area contributed by atoms with Crippen LogP contribution < -0.4 is 4.90 Å². The lowest BCUT2D eigenvalue weighted by atomic mass is 10.0. The molecule has 4 heterocycles. The van der Waals surface area contributed by atoms with Crippen LogP contribution in [0.5, 0.6) is 0 Å². The van der Waals surface area contributed by atoms with Crippen molar-refractivity contribution in [1.82, 2.24) is 24.7 Å². The van der Waals surface area contributed by atoms with Gasteiger partial charge in [-0.1, -0.05) is 37.6 Å². The number of hydrogen-bond donors (Lipinski definition) is 1. The zero-order valence-electron chi connectivity index (χ0n) is 17.7. The van der Waals surface area contributed by atoms with E-state index >= 15 is 0 Å². The van der Waals surface area contributed by atoms with Crippen LogP contribution in [0.2, 0.25) is 5.15 Å². The number of aryl methyl sites for hydroxylation is 2. The average Bonchev–Trinajstić information content (AvgIpc) is 3.31. The molecule has 0 radical (unpaired) electrons. The third-order valence-electron chi connectivity index (χ3n) is 5.94. The molecule has 7 heteroatoms.